The lowest BCUT2D eigenvalue weighted by Crippen LogP contribution is -1.94. The van der Waals surface area contributed by atoms with E-state index in [-0.39, 0.29) is 0 Å². The average Bonchev–Trinajstić information content (AvgIpc) is 2.65. The summed E-state index contributed by atoms with van der Waals surface area (Å²) in [6.45, 7) is 3.92. The van der Waals surface area contributed by atoms with Crippen molar-refractivity contribution in [3.63, 3.8) is 0 Å². The van der Waals surface area contributed by atoms with Crippen molar-refractivity contribution in [3.8, 4) is 11.5 Å². The van der Waals surface area contributed by atoms with E-state index in [1.807, 2.05) is 49.8 Å². The first kappa shape index (κ1) is 12.5. The minimum absolute atomic E-state index is 0.691. The average molecular weight is 268 g/mol. The number of pyridine rings is 1. The van der Waals surface area contributed by atoms with Crippen LogP contribution in [0.3, 0.4) is 0 Å². The summed E-state index contributed by atoms with van der Waals surface area (Å²) in [5.74, 6) is 1.55. The van der Waals surface area contributed by atoms with E-state index in [1.165, 1.54) is 0 Å². The fraction of sp³-hybridized carbons (Fsp3) is 0.200. The Morgan fingerprint density at radius 3 is 2.70 bits per heavy atom. The van der Waals surface area contributed by atoms with E-state index in [2.05, 4.69) is 10.1 Å². The quantitative estimate of drug-likeness (QED) is 0.726. The summed E-state index contributed by atoms with van der Waals surface area (Å²) >= 11 is 0. The molecule has 5 heteroatoms. The summed E-state index contributed by atoms with van der Waals surface area (Å²) in [4.78, 5) is 4.31. The Labute approximate surface area is 117 Å². The zero-order valence-corrected chi connectivity index (χ0v) is 11.7. The summed E-state index contributed by atoms with van der Waals surface area (Å²) in [5.41, 5.74) is 9.15. The molecule has 0 saturated carbocycles. The molecule has 0 atom stereocenters. The van der Waals surface area contributed by atoms with Crippen molar-refractivity contribution in [2.24, 2.45) is 7.05 Å². The third-order valence-electron chi connectivity index (χ3n) is 3.38. The van der Waals surface area contributed by atoms with Gasteiger partial charge in [-0.3, -0.25) is 9.67 Å². The first-order valence-electron chi connectivity index (χ1n) is 6.38. The summed E-state index contributed by atoms with van der Waals surface area (Å²) in [6, 6.07) is 7.46. The van der Waals surface area contributed by atoms with Crippen LogP contribution in [0.1, 0.15) is 11.4 Å². The Bertz CT molecular complexity index is 792. The zero-order chi connectivity index (χ0) is 14.3. The van der Waals surface area contributed by atoms with Crippen molar-refractivity contribution in [1.29, 1.82) is 0 Å². The highest BCUT2D eigenvalue weighted by Crippen LogP contribution is 2.32. The molecule has 0 unspecified atom stereocenters. The number of hydrogen-bond donors (Lipinski definition) is 1. The SMILES string of the molecule is Cc1nn(C)c(C)c1Oc1ccnc2cc(N)ccc12. The Morgan fingerprint density at radius 2 is 2.00 bits per heavy atom. The summed E-state index contributed by atoms with van der Waals surface area (Å²) < 4.78 is 7.86. The molecule has 2 aromatic heterocycles. The van der Waals surface area contributed by atoms with E-state index < -0.39 is 0 Å². The zero-order valence-electron chi connectivity index (χ0n) is 11.7. The molecule has 0 saturated heterocycles. The Kier molecular flexibility index (Phi) is 2.82. The lowest BCUT2D eigenvalue weighted by atomic mass is 10.2. The second kappa shape index (κ2) is 4.52. The normalized spacial score (nSPS) is 10.9. The summed E-state index contributed by atoms with van der Waals surface area (Å²) in [7, 11) is 1.90. The fourth-order valence-corrected chi connectivity index (χ4v) is 2.24. The molecule has 1 aromatic carbocycles. The van der Waals surface area contributed by atoms with Crippen LogP contribution >= 0.6 is 0 Å². The van der Waals surface area contributed by atoms with Crippen LogP contribution in [0.15, 0.2) is 30.5 Å². The second-order valence-corrected chi connectivity index (χ2v) is 4.81. The second-order valence-electron chi connectivity index (χ2n) is 4.81. The highest BCUT2D eigenvalue weighted by atomic mass is 16.5. The van der Waals surface area contributed by atoms with Crippen LogP contribution in [0, 0.1) is 13.8 Å². The first-order chi connectivity index (χ1) is 9.56. The molecule has 5 nitrogen and oxygen atoms in total. The van der Waals surface area contributed by atoms with E-state index in [0.717, 1.165) is 33.8 Å². The van der Waals surface area contributed by atoms with Crippen LogP contribution in [-0.2, 0) is 7.05 Å². The molecule has 0 radical (unpaired) electrons. The number of nitrogens with zero attached hydrogens (tertiary/aromatic N) is 3. The van der Waals surface area contributed by atoms with Gasteiger partial charge in [0.1, 0.15) is 11.4 Å². The van der Waals surface area contributed by atoms with Crippen LogP contribution in [0.5, 0.6) is 11.5 Å². The largest absolute Gasteiger partial charge is 0.453 e. The van der Waals surface area contributed by atoms with E-state index in [4.69, 9.17) is 10.5 Å². The van der Waals surface area contributed by atoms with Gasteiger partial charge in [0.2, 0.25) is 0 Å². The number of aromatic nitrogens is 3. The molecule has 3 aromatic rings. The van der Waals surface area contributed by atoms with Crippen LogP contribution in [-0.4, -0.2) is 14.8 Å². The Hall–Kier alpha value is -2.56. The van der Waals surface area contributed by atoms with Gasteiger partial charge < -0.3 is 10.5 Å². The van der Waals surface area contributed by atoms with Crippen molar-refractivity contribution in [1.82, 2.24) is 14.8 Å². The lowest BCUT2D eigenvalue weighted by Gasteiger charge is -2.09. The smallest absolute Gasteiger partial charge is 0.171 e. The van der Waals surface area contributed by atoms with E-state index in [1.54, 1.807) is 6.20 Å². The molecule has 2 heterocycles. The number of aryl methyl sites for hydroxylation is 2. The third kappa shape index (κ3) is 1.97. The van der Waals surface area contributed by atoms with E-state index >= 15 is 0 Å². The first-order valence-corrected chi connectivity index (χ1v) is 6.38. The molecule has 20 heavy (non-hydrogen) atoms. The number of fused-ring (bicyclic) bond motifs is 1. The molecule has 2 N–H and O–H groups in total. The molecule has 0 aliphatic heterocycles. The minimum atomic E-state index is 0.691. The topological polar surface area (TPSA) is 66.0 Å². The van der Waals surface area contributed by atoms with Crippen molar-refractivity contribution < 1.29 is 4.74 Å². The lowest BCUT2D eigenvalue weighted by molar-refractivity contribution is 0.479. The van der Waals surface area contributed by atoms with Gasteiger partial charge in [0.25, 0.3) is 0 Å². The molecule has 0 spiro atoms. The van der Waals surface area contributed by atoms with Crippen LogP contribution < -0.4 is 10.5 Å². The van der Waals surface area contributed by atoms with Crippen LogP contribution in [0.4, 0.5) is 5.69 Å². The molecule has 0 amide bonds. The molecule has 0 aliphatic rings. The minimum Gasteiger partial charge on any atom is -0.453 e. The van der Waals surface area contributed by atoms with Gasteiger partial charge in [-0.1, -0.05) is 0 Å². The molecular weight excluding hydrogens is 252 g/mol. The van der Waals surface area contributed by atoms with Crippen molar-refractivity contribution in [2.75, 3.05) is 5.73 Å². The van der Waals surface area contributed by atoms with Crippen molar-refractivity contribution in [3.05, 3.63) is 41.9 Å². The van der Waals surface area contributed by atoms with Gasteiger partial charge in [-0.25, -0.2) is 0 Å². The monoisotopic (exact) mass is 268 g/mol. The number of nitrogen functional groups attached to an aromatic ring is 1. The van der Waals surface area contributed by atoms with Crippen LogP contribution in [0.2, 0.25) is 0 Å². The van der Waals surface area contributed by atoms with Gasteiger partial charge in [-0.15, -0.1) is 0 Å². The summed E-state index contributed by atoms with van der Waals surface area (Å²) in [6.07, 6.45) is 1.72. The maximum Gasteiger partial charge on any atom is 0.171 e. The van der Waals surface area contributed by atoms with E-state index in [9.17, 15) is 0 Å². The highest BCUT2D eigenvalue weighted by molar-refractivity contribution is 5.87. The van der Waals surface area contributed by atoms with Gasteiger partial charge >= 0.3 is 0 Å². The molecular formula is C15H16N4O. The van der Waals surface area contributed by atoms with Gasteiger partial charge in [0.15, 0.2) is 5.75 Å². The number of anilines is 1. The molecule has 3 rings (SSSR count). The number of rotatable bonds is 2. The number of benzene rings is 1. The molecule has 0 bridgehead atoms. The highest BCUT2D eigenvalue weighted by Gasteiger charge is 2.13. The maximum absolute atomic E-state index is 6.05. The fourth-order valence-electron chi connectivity index (χ4n) is 2.24. The van der Waals surface area contributed by atoms with Crippen molar-refractivity contribution in [2.45, 2.75) is 13.8 Å². The standard InChI is InChI=1S/C15H16N4O/c1-9-15(10(2)19(3)18-9)20-14-6-7-17-13-8-11(16)4-5-12(13)14/h4-8H,16H2,1-3H3. The van der Waals surface area contributed by atoms with Gasteiger partial charge in [-0.2, -0.15) is 5.10 Å². The number of nitrogens with two attached hydrogens (primary N) is 1. The van der Waals surface area contributed by atoms with Gasteiger partial charge in [0, 0.05) is 24.3 Å². The van der Waals surface area contributed by atoms with Crippen LogP contribution in [0.25, 0.3) is 10.9 Å². The maximum atomic E-state index is 6.05. The van der Waals surface area contributed by atoms with Gasteiger partial charge in [-0.05, 0) is 38.1 Å². The predicted molar refractivity (Wildman–Crippen MR) is 78.9 cm³/mol. The molecule has 102 valence electrons. The Morgan fingerprint density at radius 1 is 1.20 bits per heavy atom. The van der Waals surface area contributed by atoms with E-state index in [0.29, 0.717) is 5.69 Å². The van der Waals surface area contributed by atoms with Gasteiger partial charge in [0.05, 0.1) is 11.2 Å². The number of ether oxygens (including phenoxy) is 1. The Balaban J connectivity index is 2.11. The number of hydrogen-bond acceptors (Lipinski definition) is 4. The molecule has 0 aliphatic carbocycles. The van der Waals surface area contributed by atoms with Crippen molar-refractivity contribution >= 4 is 16.6 Å². The predicted octanol–water partition coefficient (Wildman–Crippen LogP) is 2.96. The third-order valence-corrected chi connectivity index (χ3v) is 3.38. The summed E-state index contributed by atoms with van der Waals surface area (Å²) in [5, 5.41) is 5.29. The molecule has 0 fully saturated rings.